The van der Waals surface area contributed by atoms with Gasteiger partial charge in [0, 0.05) is 0 Å². The van der Waals surface area contributed by atoms with E-state index in [2.05, 4.69) is 34.6 Å². The molecule has 7 rings (SSSR count). The first-order valence-electron chi connectivity index (χ1n) is 6.99. The van der Waals surface area contributed by atoms with Gasteiger partial charge in [0.1, 0.15) is 0 Å². The molecular formula is C15H24. The Morgan fingerprint density at radius 1 is 1.13 bits per heavy atom. The fourth-order valence-corrected chi connectivity index (χ4v) is 7.29. The van der Waals surface area contributed by atoms with Crippen molar-refractivity contribution in [2.24, 2.45) is 52.3 Å². The van der Waals surface area contributed by atoms with Crippen LogP contribution in [0.25, 0.3) is 0 Å². The highest BCUT2D eigenvalue weighted by Gasteiger charge is 2.97. The molecule has 0 aromatic carbocycles. The van der Waals surface area contributed by atoms with Gasteiger partial charge in [0.2, 0.25) is 0 Å². The van der Waals surface area contributed by atoms with Crippen LogP contribution in [0, 0.1) is 52.3 Å². The molecule has 7 atom stereocenters. The van der Waals surface area contributed by atoms with E-state index in [9.17, 15) is 0 Å². The third-order valence-electron chi connectivity index (χ3n) is 7.42. The van der Waals surface area contributed by atoms with Gasteiger partial charge < -0.3 is 0 Å². The van der Waals surface area contributed by atoms with Gasteiger partial charge in [0.25, 0.3) is 0 Å². The van der Waals surface area contributed by atoms with Crippen molar-refractivity contribution in [2.45, 2.75) is 41.0 Å². The number of hydrogen-bond acceptors (Lipinski definition) is 0. The van der Waals surface area contributed by atoms with Gasteiger partial charge in [-0.25, -0.2) is 0 Å². The van der Waals surface area contributed by atoms with E-state index in [1.165, 1.54) is 11.8 Å². The molecule has 7 aliphatic rings. The molecule has 0 aliphatic heterocycles. The lowest BCUT2D eigenvalue weighted by Crippen LogP contribution is -2.79. The van der Waals surface area contributed by atoms with E-state index < -0.39 is 0 Å². The average Bonchev–Trinajstić information content (AvgIpc) is 2.64. The summed E-state index contributed by atoms with van der Waals surface area (Å²) in [6.45, 7) is 12.5. The second-order valence-electron chi connectivity index (χ2n) is 7.70. The van der Waals surface area contributed by atoms with Crippen LogP contribution in [-0.2, 0) is 0 Å². The van der Waals surface area contributed by atoms with Gasteiger partial charge in [-0.05, 0) is 58.7 Å². The van der Waals surface area contributed by atoms with Crippen LogP contribution >= 0.6 is 0 Å². The Kier molecular flexibility index (Phi) is 1.24. The highest BCUT2D eigenvalue weighted by molar-refractivity contribution is 5.43. The van der Waals surface area contributed by atoms with Gasteiger partial charge in [-0.3, -0.25) is 0 Å². The first kappa shape index (κ1) is 9.07. The molecule has 0 amide bonds. The van der Waals surface area contributed by atoms with Gasteiger partial charge >= 0.3 is 0 Å². The zero-order valence-electron chi connectivity index (χ0n) is 10.7. The fourth-order valence-electron chi connectivity index (χ4n) is 7.29. The maximum Gasteiger partial charge on any atom is -0.0193 e. The van der Waals surface area contributed by atoms with Crippen molar-refractivity contribution in [1.29, 1.82) is 0 Å². The van der Waals surface area contributed by atoms with Crippen LogP contribution in [0.4, 0.5) is 0 Å². The minimum Gasteiger partial charge on any atom is -0.0625 e. The summed E-state index contributed by atoms with van der Waals surface area (Å²) in [5, 5.41) is 0. The second kappa shape index (κ2) is 2.05. The SMILES string of the molecule is CC(C)C1C2C3C(C)C24CC1(C(C)C)C34. The molecule has 0 heteroatoms. The standard InChI is InChI=1S/C15H24/c1-7(2)11-12-10-9(5)15(12)6-14(11,8(3)4)13(10)15/h7-13H,6H2,1-5H3. The summed E-state index contributed by atoms with van der Waals surface area (Å²) in [6, 6.07) is 0. The predicted molar refractivity (Wildman–Crippen MR) is 62.3 cm³/mol. The monoisotopic (exact) mass is 204 g/mol. The highest BCUT2D eigenvalue weighted by atomic mass is 15.0. The zero-order valence-corrected chi connectivity index (χ0v) is 10.7. The molecular weight excluding hydrogens is 180 g/mol. The first-order chi connectivity index (χ1) is 6.99. The molecule has 0 radical (unpaired) electrons. The van der Waals surface area contributed by atoms with E-state index in [-0.39, 0.29) is 0 Å². The predicted octanol–water partition coefficient (Wildman–Crippen LogP) is 3.82. The average molecular weight is 204 g/mol. The van der Waals surface area contributed by atoms with Crippen molar-refractivity contribution >= 4 is 0 Å². The van der Waals surface area contributed by atoms with Crippen LogP contribution in [0.1, 0.15) is 41.0 Å². The van der Waals surface area contributed by atoms with Crippen molar-refractivity contribution in [1.82, 2.24) is 0 Å². The topological polar surface area (TPSA) is 0 Å². The Morgan fingerprint density at radius 3 is 2.07 bits per heavy atom. The van der Waals surface area contributed by atoms with Crippen LogP contribution in [-0.4, -0.2) is 0 Å². The van der Waals surface area contributed by atoms with Crippen molar-refractivity contribution < 1.29 is 0 Å². The maximum absolute atomic E-state index is 2.53. The lowest BCUT2D eigenvalue weighted by molar-refractivity contribution is -0.365. The van der Waals surface area contributed by atoms with Crippen LogP contribution < -0.4 is 0 Å². The maximum atomic E-state index is 2.53. The van der Waals surface area contributed by atoms with Crippen molar-refractivity contribution in [3.05, 3.63) is 0 Å². The van der Waals surface area contributed by atoms with Crippen LogP contribution in [0.5, 0.6) is 0 Å². The summed E-state index contributed by atoms with van der Waals surface area (Å²) in [5.74, 6) is 7.56. The number of rotatable bonds is 2. The molecule has 7 fully saturated rings. The normalized spacial score (nSPS) is 67.8. The Hall–Kier alpha value is 0. The lowest BCUT2D eigenvalue weighted by atomic mass is 9.21. The molecule has 1 spiro atoms. The lowest BCUT2D eigenvalue weighted by Gasteiger charge is -2.83. The van der Waals surface area contributed by atoms with E-state index in [0.29, 0.717) is 0 Å². The minimum atomic E-state index is 0.802. The van der Waals surface area contributed by atoms with Gasteiger partial charge in [0.05, 0.1) is 0 Å². The smallest absolute Gasteiger partial charge is 0.0193 e. The van der Waals surface area contributed by atoms with Gasteiger partial charge in [-0.15, -0.1) is 0 Å². The third kappa shape index (κ3) is 0.524. The summed E-state index contributed by atoms with van der Waals surface area (Å²) >= 11 is 0. The van der Waals surface area contributed by atoms with Crippen molar-refractivity contribution in [3.63, 3.8) is 0 Å². The Morgan fingerprint density at radius 2 is 1.80 bits per heavy atom. The zero-order chi connectivity index (χ0) is 10.7. The molecule has 15 heavy (non-hydrogen) atoms. The molecule has 5 bridgehead atoms. The summed E-state index contributed by atoms with van der Waals surface area (Å²) in [4.78, 5) is 0. The van der Waals surface area contributed by atoms with E-state index in [0.717, 1.165) is 40.4 Å². The van der Waals surface area contributed by atoms with Crippen LogP contribution in [0.2, 0.25) is 0 Å². The Labute approximate surface area is 93.8 Å². The molecule has 0 N–H and O–H groups in total. The number of hydrogen-bond donors (Lipinski definition) is 0. The summed E-state index contributed by atoms with van der Waals surface area (Å²) in [6.07, 6.45) is 1.60. The first-order valence-corrected chi connectivity index (χ1v) is 6.99. The third-order valence-corrected chi connectivity index (χ3v) is 7.42. The molecule has 7 saturated carbocycles. The van der Waals surface area contributed by atoms with Crippen LogP contribution in [0.3, 0.4) is 0 Å². The molecule has 0 aromatic heterocycles. The summed E-state index contributed by atoms with van der Waals surface area (Å²) in [7, 11) is 0. The van der Waals surface area contributed by atoms with Gasteiger partial charge in [0.15, 0.2) is 0 Å². The molecule has 0 saturated heterocycles. The van der Waals surface area contributed by atoms with E-state index in [4.69, 9.17) is 0 Å². The molecule has 84 valence electrons. The Bertz CT molecular complexity index is 334. The van der Waals surface area contributed by atoms with Gasteiger partial charge in [-0.2, -0.15) is 0 Å². The molecule has 7 aliphatic carbocycles. The molecule has 0 nitrogen and oxygen atoms in total. The van der Waals surface area contributed by atoms with E-state index in [1.807, 2.05) is 0 Å². The van der Waals surface area contributed by atoms with Crippen molar-refractivity contribution in [3.8, 4) is 0 Å². The summed E-state index contributed by atoms with van der Waals surface area (Å²) in [5.41, 5.74) is 1.69. The highest BCUT2D eigenvalue weighted by Crippen LogP contribution is 3.01. The summed E-state index contributed by atoms with van der Waals surface area (Å²) < 4.78 is 0. The quantitative estimate of drug-likeness (QED) is 0.641. The van der Waals surface area contributed by atoms with E-state index in [1.54, 1.807) is 6.42 Å². The fraction of sp³-hybridized carbons (Fsp3) is 1.00. The Balaban J connectivity index is 1.79. The van der Waals surface area contributed by atoms with Crippen molar-refractivity contribution in [2.75, 3.05) is 0 Å². The van der Waals surface area contributed by atoms with E-state index >= 15 is 0 Å². The second-order valence-corrected chi connectivity index (χ2v) is 7.70. The molecule has 0 heterocycles. The van der Waals surface area contributed by atoms with Crippen LogP contribution in [0.15, 0.2) is 0 Å². The molecule has 0 aromatic rings. The molecule has 7 unspecified atom stereocenters. The minimum absolute atomic E-state index is 0.802. The largest absolute Gasteiger partial charge is 0.0625 e. The van der Waals surface area contributed by atoms with Gasteiger partial charge in [-0.1, -0.05) is 34.6 Å².